The van der Waals surface area contributed by atoms with E-state index < -0.39 is 17.4 Å². The van der Waals surface area contributed by atoms with Crippen LogP contribution in [-0.2, 0) is 24.5 Å². The zero-order valence-corrected chi connectivity index (χ0v) is 17.3. The quantitative estimate of drug-likeness (QED) is 0.392. The summed E-state index contributed by atoms with van der Waals surface area (Å²) in [6, 6.07) is 15.6. The number of esters is 2. The highest BCUT2D eigenvalue weighted by atomic mass is 16.5. The third-order valence-electron chi connectivity index (χ3n) is 4.93. The molecule has 0 fully saturated rings. The van der Waals surface area contributed by atoms with Crippen molar-refractivity contribution >= 4 is 22.7 Å². The molecule has 0 radical (unpaired) electrons. The SMILES string of the molecule is CCCCOC(=O)CC(C#N)(CC(=O)OCCCC)c1ccc2ccccc2c1. The number of ether oxygens (including phenoxy) is 2. The molecular formula is C24H29NO4. The minimum atomic E-state index is -1.32. The third kappa shape index (κ3) is 6.32. The van der Waals surface area contributed by atoms with Gasteiger partial charge in [-0.15, -0.1) is 0 Å². The van der Waals surface area contributed by atoms with Gasteiger partial charge >= 0.3 is 11.9 Å². The summed E-state index contributed by atoms with van der Waals surface area (Å²) in [7, 11) is 0. The van der Waals surface area contributed by atoms with Gasteiger partial charge in [0.05, 0.1) is 32.1 Å². The normalized spacial score (nSPS) is 11.1. The molecule has 0 bridgehead atoms. The maximum Gasteiger partial charge on any atom is 0.307 e. The molecule has 5 nitrogen and oxygen atoms in total. The highest BCUT2D eigenvalue weighted by Crippen LogP contribution is 2.34. The number of hydrogen-bond acceptors (Lipinski definition) is 5. The molecule has 2 aromatic carbocycles. The van der Waals surface area contributed by atoms with Crippen LogP contribution >= 0.6 is 0 Å². The Labute approximate surface area is 172 Å². The van der Waals surface area contributed by atoms with E-state index >= 15 is 0 Å². The Bertz CT molecular complexity index is 845. The van der Waals surface area contributed by atoms with Crippen LogP contribution in [0, 0.1) is 11.3 Å². The molecule has 0 spiro atoms. The van der Waals surface area contributed by atoms with E-state index in [-0.39, 0.29) is 12.8 Å². The van der Waals surface area contributed by atoms with Gasteiger partial charge in [0.1, 0.15) is 5.41 Å². The molecule has 0 aliphatic rings. The zero-order chi connectivity index (χ0) is 21.1. The lowest BCUT2D eigenvalue weighted by Gasteiger charge is -2.26. The Morgan fingerprint density at radius 2 is 1.45 bits per heavy atom. The molecule has 0 saturated carbocycles. The van der Waals surface area contributed by atoms with Gasteiger partial charge in [0, 0.05) is 0 Å². The lowest BCUT2D eigenvalue weighted by atomic mass is 9.75. The average molecular weight is 395 g/mol. The highest BCUT2D eigenvalue weighted by molar-refractivity contribution is 5.85. The van der Waals surface area contributed by atoms with Crippen molar-refractivity contribution in [2.24, 2.45) is 0 Å². The first-order chi connectivity index (χ1) is 14.0. The van der Waals surface area contributed by atoms with Crippen molar-refractivity contribution in [3.05, 3.63) is 48.0 Å². The number of nitriles is 1. The van der Waals surface area contributed by atoms with Gasteiger partial charge in [-0.05, 0) is 35.2 Å². The zero-order valence-electron chi connectivity index (χ0n) is 17.3. The van der Waals surface area contributed by atoms with Crippen LogP contribution in [0.15, 0.2) is 42.5 Å². The van der Waals surface area contributed by atoms with Crippen molar-refractivity contribution in [3.63, 3.8) is 0 Å². The molecule has 2 aromatic rings. The van der Waals surface area contributed by atoms with Crippen LogP contribution in [0.1, 0.15) is 57.9 Å². The van der Waals surface area contributed by atoms with Crippen LogP contribution in [-0.4, -0.2) is 25.2 Å². The average Bonchev–Trinajstić information content (AvgIpc) is 2.73. The molecular weight excluding hydrogens is 366 g/mol. The van der Waals surface area contributed by atoms with Crippen LogP contribution in [0.25, 0.3) is 10.8 Å². The fraction of sp³-hybridized carbons (Fsp3) is 0.458. The first kappa shape index (κ1) is 22.4. The van der Waals surface area contributed by atoms with Gasteiger partial charge in [0.15, 0.2) is 0 Å². The van der Waals surface area contributed by atoms with Crippen molar-refractivity contribution < 1.29 is 19.1 Å². The van der Waals surface area contributed by atoms with Crippen molar-refractivity contribution in [1.82, 2.24) is 0 Å². The number of benzene rings is 2. The predicted octanol–water partition coefficient (Wildman–Crippen LogP) is 5.07. The molecule has 0 aliphatic heterocycles. The molecule has 0 aromatic heterocycles. The number of carbonyl (C=O) groups excluding carboxylic acids is 2. The lowest BCUT2D eigenvalue weighted by molar-refractivity contribution is -0.147. The maximum atomic E-state index is 12.4. The van der Waals surface area contributed by atoms with E-state index in [1.54, 1.807) is 0 Å². The second kappa shape index (κ2) is 11.2. The van der Waals surface area contributed by atoms with Crippen LogP contribution in [0.4, 0.5) is 0 Å². The Morgan fingerprint density at radius 1 is 0.897 bits per heavy atom. The van der Waals surface area contributed by atoms with Crippen LogP contribution < -0.4 is 0 Å². The summed E-state index contributed by atoms with van der Waals surface area (Å²) in [5, 5.41) is 12.1. The second-order valence-corrected chi connectivity index (χ2v) is 7.26. The monoisotopic (exact) mass is 395 g/mol. The minimum Gasteiger partial charge on any atom is -0.466 e. The van der Waals surface area contributed by atoms with Gasteiger partial charge in [-0.2, -0.15) is 5.26 Å². The van der Waals surface area contributed by atoms with Gasteiger partial charge in [-0.3, -0.25) is 9.59 Å². The Kier molecular flexibility index (Phi) is 8.67. The second-order valence-electron chi connectivity index (χ2n) is 7.26. The van der Waals surface area contributed by atoms with Crippen LogP contribution in [0.2, 0.25) is 0 Å². The number of fused-ring (bicyclic) bond motifs is 1. The van der Waals surface area contributed by atoms with E-state index in [1.165, 1.54) is 0 Å². The summed E-state index contributed by atoms with van der Waals surface area (Å²) >= 11 is 0. The van der Waals surface area contributed by atoms with Crippen LogP contribution in [0.3, 0.4) is 0 Å². The largest absolute Gasteiger partial charge is 0.466 e. The van der Waals surface area contributed by atoms with E-state index in [4.69, 9.17) is 9.47 Å². The number of nitrogens with zero attached hydrogens (tertiary/aromatic N) is 1. The molecule has 29 heavy (non-hydrogen) atoms. The van der Waals surface area contributed by atoms with Gasteiger partial charge in [0.25, 0.3) is 0 Å². The van der Waals surface area contributed by atoms with Crippen molar-refractivity contribution in [3.8, 4) is 6.07 Å². The molecule has 0 aliphatic carbocycles. The highest BCUT2D eigenvalue weighted by Gasteiger charge is 2.39. The van der Waals surface area contributed by atoms with E-state index in [9.17, 15) is 14.9 Å². The topological polar surface area (TPSA) is 76.4 Å². The van der Waals surface area contributed by atoms with Crippen molar-refractivity contribution in [2.75, 3.05) is 13.2 Å². The first-order valence-corrected chi connectivity index (χ1v) is 10.3. The number of unbranched alkanes of at least 4 members (excludes halogenated alkanes) is 2. The number of hydrogen-bond donors (Lipinski definition) is 0. The van der Waals surface area contributed by atoms with Gasteiger partial charge < -0.3 is 9.47 Å². The first-order valence-electron chi connectivity index (χ1n) is 10.3. The minimum absolute atomic E-state index is 0.186. The Balaban J connectivity index is 2.32. The summed E-state index contributed by atoms with van der Waals surface area (Å²) < 4.78 is 10.6. The summed E-state index contributed by atoms with van der Waals surface area (Å²) in [5.41, 5.74) is -0.699. The maximum absolute atomic E-state index is 12.4. The Hall–Kier alpha value is -2.87. The fourth-order valence-corrected chi connectivity index (χ4v) is 3.15. The molecule has 0 saturated heterocycles. The predicted molar refractivity (Wildman–Crippen MR) is 112 cm³/mol. The molecule has 154 valence electrons. The molecule has 0 atom stereocenters. The molecule has 0 heterocycles. The summed E-state index contributed by atoms with van der Waals surface area (Å²) in [4.78, 5) is 24.9. The molecule has 2 rings (SSSR count). The standard InChI is InChI=1S/C24H29NO4/c1-3-5-13-28-22(26)16-24(18-25,17-23(27)29-14-6-4-2)21-12-11-19-9-7-8-10-20(19)15-21/h7-12,15H,3-6,13-14,16-17H2,1-2H3. The lowest BCUT2D eigenvalue weighted by Crippen LogP contribution is -2.32. The van der Waals surface area contributed by atoms with Gasteiger partial charge in [-0.25, -0.2) is 0 Å². The summed E-state index contributed by atoms with van der Waals surface area (Å²) in [5.74, 6) is -0.955. The number of carbonyl (C=O) groups is 2. The van der Waals surface area contributed by atoms with E-state index in [0.717, 1.165) is 36.5 Å². The Morgan fingerprint density at radius 3 is 1.97 bits per heavy atom. The van der Waals surface area contributed by atoms with Gasteiger partial charge in [0.2, 0.25) is 0 Å². The van der Waals surface area contributed by atoms with E-state index in [0.29, 0.717) is 18.8 Å². The van der Waals surface area contributed by atoms with Crippen LogP contribution in [0.5, 0.6) is 0 Å². The summed E-state index contributed by atoms with van der Waals surface area (Å²) in [6.07, 6.45) is 2.97. The van der Waals surface area contributed by atoms with Crippen molar-refractivity contribution in [1.29, 1.82) is 5.26 Å². The smallest absolute Gasteiger partial charge is 0.307 e. The molecule has 0 N–H and O–H groups in total. The van der Waals surface area contributed by atoms with Crippen molar-refractivity contribution in [2.45, 2.75) is 57.8 Å². The molecule has 0 amide bonds. The fourth-order valence-electron chi connectivity index (χ4n) is 3.15. The van der Waals surface area contributed by atoms with E-state index in [1.807, 2.05) is 56.3 Å². The third-order valence-corrected chi connectivity index (χ3v) is 4.93. The molecule has 0 unspecified atom stereocenters. The number of rotatable bonds is 11. The summed E-state index contributed by atoms with van der Waals surface area (Å²) in [6.45, 7) is 4.65. The van der Waals surface area contributed by atoms with Gasteiger partial charge in [-0.1, -0.05) is 63.1 Å². The molecule has 5 heteroatoms. The van der Waals surface area contributed by atoms with E-state index in [2.05, 4.69) is 6.07 Å².